The maximum atomic E-state index is 5.46. The number of thiazole rings is 1. The zero-order chi connectivity index (χ0) is 19.5. The van der Waals surface area contributed by atoms with Crippen molar-refractivity contribution in [1.29, 1.82) is 0 Å². The largest absolute Gasteiger partial charge is 0.338 e. The van der Waals surface area contributed by atoms with Crippen LogP contribution < -0.4 is 0 Å². The van der Waals surface area contributed by atoms with Crippen molar-refractivity contribution in [3.8, 4) is 21.3 Å². The van der Waals surface area contributed by atoms with Gasteiger partial charge in [0.05, 0.1) is 17.1 Å². The summed E-state index contributed by atoms with van der Waals surface area (Å²) in [4.78, 5) is 15.4. The number of aromatic nitrogens is 3. The predicted molar refractivity (Wildman–Crippen MR) is 116 cm³/mol. The van der Waals surface area contributed by atoms with Crippen LogP contribution in [0.2, 0.25) is 0 Å². The van der Waals surface area contributed by atoms with E-state index in [2.05, 4.69) is 42.8 Å². The quantitative estimate of drug-likeness (QED) is 0.462. The number of nitrogens with zero attached hydrogens (tertiary/aromatic N) is 5. The Balaban J connectivity index is 1.13. The molecule has 148 valence electrons. The van der Waals surface area contributed by atoms with Crippen LogP contribution in [-0.4, -0.2) is 51.1 Å². The van der Waals surface area contributed by atoms with Crippen molar-refractivity contribution in [1.82, 2.24) is 24.9 Å². The van der Waals surface area contributed by atoms with E-state index in [1.165, 1.54) is 4.88 Å². The summed E-state index contributed by atoms with van der Waals surface area (Å²) in [5, 5.41) is 9.53. The van der Waals surface area contributed by atoms with Crippen LogP contribution in [0.3, 0.4) is 0 Å². The zero-order valence-corrected chi connectivity index (χ0v) is 17.5. The SMILES string of the molecule is c1ccc(-c2noc(CN3CCN(Cc4csc(-c5cccs5)n4)CC3)n2)cc1. The topological polar surface area (TPSA) is 58.3 Å². The average molecular weight is 424 g/mol. The minimum Gasteiger partial charge on any atom is -0.338 e. The molecule has 0 radical (unpaired) electrons. The molecule has 1 aromatic carbocycles. The number of benzene rings is 1. The molecule has 1 fully saturated rings. The molecule has 0 unspecified atom stereocenters. The minimum absolute atomic E-state index is 0.657. The number of thiophene rings is 1. The van der Waals surface area contributed by atoms with Crippen molar-refractivity contribution in [2.45, 2.75) is 13.1 Å². The van der Waals surface area contributed by atoms with Crippen LogP contribution in [0.4, 0.5) is 0 Å². The van der Waals surface area contributed by atoms with Gasteiger partial charge < -0.3 is 4.52 Å². The summed E-state index contributed by atoms with van der Waals surface area (Å²) >= 11 is 3.48. The molecule has 8 heteroatoms. The minimum atomic E-state index is 0.657. The molecular formula is C21H21N5OS2. The molecule has 29 heavy (non-hydrogen) atoms. The van der Waals surface area contributed by atoms with Crippen molar-refractivity contribution in [2.75, 3.05) is 26.2 Å². The Hall–Kier alpha value is -2.39. The van der Waals surface area contributed by atoms with E-state index in [-0.39, 0.29) is 0 Å². The third-order valence-electron chi connectivity index (χ3n) is 4.99. The standard InChI is InChI=1S/C21H21N5OS2/c1-2-5-16(6-3-1)20-23-19(27-24-20)14-26-10-8-25(9-11-26)13-17-15-29-21(22-17)18-7-4-12-28-18/h1-7,12,15H,8-11,13-14H2. The van der Waals surface area contributed by atoms with Crippen LogP contribution in [0.25, 0.3) is 21.3 Å². The van der Waals surface area contributed by atoms with Crippen LogP contribution >= 0.6 is 22.7 Å². The first-order valence-electron chi connectivity index (χ1n) is 9.64. The van der Waals surface area contributed by atoms with Gasteiger partial charge in [0.15, 0.2) is 0 Å². The van der Waals surface area contributed by atoms with Gasteiger partial charge in [0.2, 0.25) is 11.7 Å². The second-order valence-electron chi connectivity index (χ2n) is 7.05. The van der Waals surface area contributed by atoms with Gasteiger partial charge in [0.25, 0.3) is 0 Å². The molecule has 0 N–H and O–H groups in total. The second kappa shape index (κ2) is 8.54. The highest BCUT2D eigenvalue weighted by Gasteiger charge is 2.20. The Morgan fingerprint density at radius 3 is 2.41 bits per heavy atom. The van der Waals surface area contributed by atoms with E-state index < -0.39 is 0 Å². The molecule has 0 amide bonds. The summed E-state index contributed by atoms with van der Waals surface area (Å²) in [5.41, 5.74) is 2.15. The first-order valence-corrected chi connectivity index (χ1v) is 11.4. The van der Waals surface area contributed by atoms with Gasteiger partial charge in [0.1, 0.15) is 5.01 Å². The lowest BCUT2D eigenvalue weighted by atomic mass is 10.2. The predicted octanol–water partition coefficient (Wildman–Crippen LogP) is 4.24. The fourth-order valence-electron chi connectivity index (χ4n) is 3.44. The van der Waals surface area contributed by atoms with Gasteiger partial charge in [-0.05, 0) is 11.4 Å². The van der Waals surface area contributed by atoms with Crippen LogP contribution in [0.5, 0.6) is 0 Å². The van der Waals surface area contributed by atoms with E-state index in [1.807, 2.05) is 30.3 Å². The molecule has 4 aromatic rings. The van der Waals surface area contributed by atoms with Gasteiger partial charge >= 0.3 is 0 Å². The van der Waals surface area contributed by atoms with E-state index in [9.17, 15) is 0 Å². The molecule has 6 nitrogen and oxygen atoms in total. The van der Waals surface area contributed by atoms with Gasteiger partial charge in [-0.1, -0.05) is 41.6 Å². The summed E-state index contributed by atoms with van der Waals surface area (Å²) in [6, 6.07) is 14.1. The van der Waals surface area contributed by atoms with Crippen molar-refractivity contribution in [3.63, 3.8) is 0 Å². The van der Waals surface area contributed by atoms with Gasteiger partial charge in [-0.25, -0.2) is 4.98 Å². The van der Waals surface area contributed by atoms with Gasteiger partial charge in [-0.15, -0.1) is 22.7 Å². The summed E-state index contributed by atoms with van der Waals surface area (Å²) in [6.45, 7) is 5.63. The van der Waals surface area contributed by atoms with E-state index in [0.29, 0.717) is 18.3 Å². The lowest BCUT2D eigenvalue weighted by molar-refractivity contribution is 0.111. The maximum Gasteiger partial charge on any atom is 0.241 e. The van der Waals surface area contributed by atoms with E-state index in [4.69, 9.17) is 9.51 Å². The number of rotatable bonds is 6. The molecule has 0 aliphatic carbocycles. The molecule has 1 saturated heterocycles. The van der Waals surface area contributed by atoms with Gasteiger partial charge in [0, 0.05) is 43.7 Å². The summed E-state index contributed by atoms with van der Waals surface area (Å²) < 4.78 is 5.46. The molecule has 0 bridgehead atoms. The van der Waals surface area contributed by atoms with Crippen molar-refractivity contribution < 1.29 is 4.52 Å². The van der Waals surface area contributed by atoms with Crippen LogP contribution in [0.15, 0.2) is 57.7 Å². The molecule has 0 spiro atoms. The molecule has 0 saturated carbocycles. The molecule has 0 atom stereocenters. The van der Waals surface area contributed by atoms with Crippen molar-refractivity contribution >= 4 is 22.7 Å². The Bertz CT molecular complexity index is 1040. The smallest absolute Gasteiger partial charge is 0.241 e. The Labute approximate surface area is 177 Å². The normalized spacial score (nSPS) is 15.7. The molecule has 1 aliphatic rings. The molecular weight excluding hydrogens is 402 g/mol. The fourth-order valence-corrected chi connectivity index (χ4v) is 5.07. The number of hydrogen-bond donors (Lipinski definition) is 0. The fraction of sp³-hybridized carbons (Fsp3) is 0.286. The van der Waals surface area contributed by atoms with E-state index in [1.54, 1.807) is 22.7 Å². The monoisotopic (exact) mass is 423 g/mol. The Kier molecular flexibility index (Phi) is 5.49. The van der Waals surface area contributed by atoms with Crippen LogP contribution in [-0.2, 0) is 13.1 Å². The third kappa shape index (κ3) is 4.45. The zero-order valence-electron chi connectivity index (χ0n) is 15.9. The lowest BCUT2D eigenvalue weighted by Crippen LogP contribution is -2.45. The van der Waals surface area contributed by atoms with Crippen molar-refractivity contribution in [3.05, 3.63) is 64.8 Å². The number of hydrogen-bond acceptors (Lipinski definition) is 8. The maximum absolute atomic E-state index is 5.46. The summed E-state index contributed by atoms with van der Waals surface area (Å²) in [6.07, 6.45) is 0. The lowest BCUT2D eigenvalue weighted by Gasteiger charge is -2.33. The first-order chi connectivity index (χ1) is 14.3. The highest BCUT2D eigenvalue weighted by Crippen LogP contribution is 2.28. The highest BCUT2D eigenvalue weighted by molar-refractivity contribution is 7.20. The molecule has 4 heterocycles. The Morgan fingerprint density at radius 2 is 1.66 bits per heavy atom. The first kappa shape index (κ1) is 18.6. The molecule has 3 aromatic heterocycles. The van der Waals surface area contributed by atoms with Gasteiger partial charge in [-0.3, -0.25) is 9.80 Å². The van der Waals surface area contributed by atoms with Crippen LogP contribution in [0, 0.1) is 0 Å². The van der Waals surface area contributed by atoms with E-state index >= 15 is 0 Å². The summed E-state index contributed by atoms with van der Waals surface area (Å²) in [7, 11) is 0. The summed E-state index contributed by atoms with van der Waals surface area (Å²) in [5.74, 6) is 1.33. The molecule has 1 aliphatic heterocycles. The Morgan fingerprint density at radius 1 is 0.862 bits per heavy atom. The third-order valence-corrected chi connectivity index (χ3v) is 6.92. The van der Waals surface area contributed by atoms with Gasteiger partial charge in [-0.2, -0.15) is 4.98 Å². The van der Waals surface area contributed by atoms with Crippen LogP contribution in [0.1, 0.15) is 11.6 Å². The highest BCUT2D eigenvalue weighted by atomic mass is 32.1. The second-order valence-corrected chi connectivity index (χ2v) is 8.86. The number of piperazine rings is 1. The van der Waals surface area contributed by atoms with E-state index in [0.717, 1.165) is 49.0 Å². The molecule has 5 rings (SSSR count). The average Bonchev–Trinajstić information content (AvgIpc) is 3.52. The van der Waals surface area contributed by atoms with Crippen molar-refractivity contribution in [2.24, 2.45) is 0 Å².